The maximum Gasteiger partial charge on any atom is 0.0456 e. The summed E-state index contributed by atoms with van der Waals surface area (Å²) >= 11 is 0. The highest BCUT2D eigenvalue weighted by atomic mass is 16.3. The van der Waals surface area contributed by atoms with Gasteiger partial charge in [0.05, 0.1) is 0 Å². The van der Waals surface area contributed by atoms with Crippen molar-refractivity contribution >= 4 is 0 Å². The molecule has 2 saturated carbocycles. The Labute approximate surface area is 174 Å². The third-order valence-corrected chi connectivity index (χ3v) is 9.87. The van der Waals surface area contributed by atoms with Gasteiger partial charge in [0, 0.05) is 6.61 Å². The molecule has 0 spiro atoms. The molecular formula is C27H44O. The molecule has 2 unspecified atom stereocenters. The molecule has 4 rings (SSSR count). The van der Waals surface area contributed by atoms with Crippen LogP contribution in [0, 0.1) is 40.4 Å². The second-order valence-corrected chi connectivity index (χ2v) is 11.5. The molecule has 1 N–H and O–H groups in total. The van der Waals surface area contributed by atoms with Gasteiger partial charge in [-0.1, -0.05) is 65.5 Å². The monoisotopic (exact) mass is 384 g/mol. The van der Waals surface area contributed by atoms with E-state index < -0.39 is 0 Å². The van der Waals surface area contributed by atoms with Gasteiger partial charge in [0.25, 0.3) is 0 Å². The van der Waals surface area contributed by atoms with Gasteiger partial charge in [-0.3, -0.25) is 0 Å². The second-order valence-electron chi connectivity index (χ2n) is 11.5. The molecule has 4 aliphatic rings. The standard InChI is InChI=1S/C27H44O/c1-19(18-28)8-7-9-20(2)23-13-14-24-22-12-11-21-10-5-6-16-26(21,3)25(22)15-17-27(23,24)4/h12,14,19-21,23,25,28H,5-11,13,15-18H2,1-4H3/t19?,20-,21?,23-,25+,26+,27-/m1/s1. The van der Waals surface area contributed by atoms with E-state index in [2.05, 4.69) is 39.8 Å². The number of aliphatic hydroxyl groups excluding tert-OH is 1. The second kappa shape index (κ2) is 7.93. The van der Waals surface area contributed by atoms with Gasteiger partial charge in [0.1, 0.15) is 0 Å². The average Bonchev–Trinajstić information content (AvgIpc) is 3.04. The molecule has 0 aromatic rings. The molecule has 0 aromatic carbocycles. The van der Waals surface area contributed by atoms with Crippen LogP contribution in [0.3, 0.4) is 0 Å². The van der Waals surface area contributed by atoms with Gasteiger partial charge in [-0.2, -0.15) is 0 Å². The Hall–Kier alpha value is -0.560. The maximum atomic E-state index is 9.31. The number of rotatable bonds is 6. The summed E-state index contributed by atoms with van der Waals surface area (Å²) in [5, 5.41) is 9.31. The Morgan fingerprint density at radius 2 is 1.86 bits per heavy atom. The first-order valence-electron chi connectivity index (χ1n) is 12.4. The third kappa shape index (κ3) is 3.34. The van der Waals surface area contributed by atoms with Gasteiger partial charge in [-0.05, 0) is 96.5 Å². The highest BCUT2D eigenvalue weighted by Crippen LogP contribution is 2.65. The molecule has 0 amide bonds. The van der Waals surface area contributed by atoms with E-state index in [0.717, 1.165) is 23.7 Å². The largest absolute Gasteiger partial charge is 0.396 e. The molecule has 0 aromatic heterocycles. The van der Waals surface area contributed by atoms with E-state index in [9.17, 15) is 5.11 Å². The zero-order valence-corrected chi connectivity index (χ0v) is 19.0. The summed E-state index contributed by atoms with van der Waals surface area (Å²) in [4.78, 5) is 0. The molecule has 4 aliphatic carbocycles. The van der Waals surface area contributed by atoms with Crippen molar-refractivity contribution < 1.29 is 5.11 Å². The zero-order valence-electron chi connectivity index (χ0n) is 19.0. The summed E-state index contributed by atoms with van der Waals surface area (Å²) in [7, 11) is 0. The third-order valence-electron chi connectivity index (χ3n) is 9.87. The smallest absolute Gasteiger partial charge is 0.0456 e. The van der Waals surface area contributed by atoms with Gasteiger partial charge in [0.15, 0.2) is 0 Å². The van der Waals surface area contributed by atoms with Crippen molar-refractivity contribution in [2.75, 3.05) is 6.61 Å². The van der Waals surface area contributed by atoms with Crippen LogP contribution in [0.5, 0.6) is 0 Å². The molecule has 0 aliphatic heterocycles. The van der Waals surface area contributed by atoms with Crippen molar-refractivity contribution in [3.05, 3.63) is 23.3 Å². The first-order chi connectivity index (χ1) is 13.4. The van der Waals surface area contributed by atoms with Crippen molar-refractivity contribution in [1.29, 1.82) is 0 Å². The summed E-state index contributed by atoms with van der Waals surface area (Å²) in [6.45, 7) is 10.3. The minimum atomic E-state index is 0.344. The number of aliphatic hydroxyl groups is 1. The fourth-order valence-electron chi connectivity index (χ4n) is 7.92. The molecule has 0 bridgehead atoms. The average molecular weight is 385 g/mol. The lowest BCUT2D eigenvalue weighted by Crippen LogP contribution is -2.46. The van der Waals surface area contributed by atoms with E-state index in [0.29, 0.717) is 23.4 Å². The highest BCUT2D eigenvalue weighted by molar-refractivity contribution is 5.46. The molecular weight excluding hydrogens is 340 g/mol. The summed E-state index contributed by atoms with van der Waals surface area (Å²) in [6.07, 6.45) is 20.5. The SMILES string of the molecule is CC(CO)CCC[C@@H](C)[C@H]1CC=C2C3=CCC4CCCC[C@]4(C)[C@H]3CC[C@@]21C. The summed E-state index contributed by atoms with van der Waals surface area (Å²) in [6, 6.07) is 0. The highest BCUT2D eigenvalue weighted by Gasteiger charge is 2.54. The van der Waals surface area contributed by atoms with Gasteiger partial charge in [-0.25, -0.2) is 0 Å². The van der Waals surface area contributed by atoms with E-state index in [-0.39, 0.29) is 0 Å². The van der Waals surface area contributed by atoms with Crippen molar-refractivity contribution in [1.82, 2.24) is 0 Å². The molecule has 158 valence electrons. The lowest BCUT2D eigenvalue weighted by Gasteiger charge is -2.56. The minimum absolute atomic E-state index is 0.344. The molecule has 1 nitrogen and oxygen atoms in total. The fraction of sp³-hybridized carbons (Fsp3) is 0.852. The summed E-state index contributed by atoms with van der Waals surface area (Å²) in [5.74, 6) is 3.87. The van der Waals surface area contributed by atoms with Crippen molar-refractivity contribution in [3.63, 3.8) is 0 Å². The fourth-order valence-corrected chi connectivity index (χ4v) is 7.92. The first-order valence-corrected chi connectivity index (χ1v) is 12.4. The number of fused-ring (bicyclic) bond motifs is 5. The van der Waals surface area contributed by atoms with E-state index in [4.69, 9.17) is 0 Å². The van der Waals surface area contributed by atoms with Crippen molar-refractivity contribution in [3.8, 4) is 0 Å². The molecule has 1 heteroatoms. The maximum absolute atomic E-state index is 9.31. The summed E-state index contributed by atoms with van der Waals surface area (Å²) < 4.78 is 0. The Morgan fingerprint density at radius 3 is 2.64 bits per heavy atom. The molecule has 0 radical (unpaired) electrons. The van der Waals surface area contributed by atoms with Crippen LogP contribution >= 0.6 is 0 Å². The van der Waals surface area contributed by atoms with Gasteiger partial charge in [0.2, 0.25) is 0 Å². The summed E-state index contributed by atoms with van der Waals surface area (Å²) in [5.41, 5.74) is 4.56. The van der Waals surface area contributed by atoms with Crippen LogP contribution in [0.25, 0.3) is 0 Å². The van der Waals surface area contributed by atoms with Gasteiger partial charge >= 0.3 is 0 Å². The van der Waals surface area contributed by atoms with Crippen LogP contribution in [0.1, 0.15) is 98.3 Å². The predicted molar refractivity (Wildman–Crippen MR) is 119 cm³/mol. The van der Waals surface area contributed by atoms with Gasteiger partial charge < -0.3 is 5.11 Å². The Balaban J connectivity index is 1.48. The number of allylic oxidation sites excluding steroid dienone is 4. The lowest BCUT2D eigenvalue weighted by molar-refractivity contribution is 0.0243. The van der Waals surface area contributed by atoms with Crippen molar-refractivity contribution in [2.45, 2.75) is 98.3 Å². The topological polar surface area (TPSA) is 20.2 Å². The minimum Gasteiger partial charge on any atom is -0.396 e. The normalized spacial score (nSPS) is 42.0. The quantitative estimate of drug-likeness (QED) is 0.509. The van der Waals surface area contributed by atoms with E-state index in [1.807, 2.05) is 0 Å². The van der Waals surface area contributed by atoms with Crippen LogP contribution in [0.2, 0.25) is 0 Å². The van der Waals surface area contributed by atoms with Crippen LogP contribution in [0.4, 0.5) is 0 Å². The number of hydrogen-bond acceptors (Lipinski definition) is 1. The van der Waals surface area contributed by atoms with Crippen LogP contribution in [-0.4, -0.2) is 11.7 Å². The molecule has 2 fully saturated rings. The van der Waals surface area contributed by atoms with E-state index in [1.54, 1.807) is 11.1 Å². The predicted octanol–water partition coefficient (Wildman–Crippen LogP) is 7.31. The van der Waals surface area contributed by atoms with Crippen molar-refractivity contribution in [2.24, 2.45) is 40.4 Å². The van der Waals surface area contributed by atoms with E-state index >= 15 is 0 Å². The van der Waals surface area contributed by atoms with E-state index in [1.165, 1.54) is 70.6 Å². The Bertz CT molecular complexity index is 630. The Kier molecular flexibility index (Phi) is 5.87. The first kappa shape index (κ1) is 20.7. The van der Waals surface area contributed by atoms with Gasteiger partial charge in [-0.15, -0.1) is 0 Å². The number of hydrogen-bond donors (Lipinski definition) is 1. The molecule has 0 heterocycles. The van der Waals surface area contributed by atoms with Crippen LogP contribution in [-0.2, 0) is 0 Å². The molecule has 0 saturated heterocycles. The Morgan fingerprint density at radius 1 is 1.04 bits per heavy atom. The van der Waals surface area contributed by atoms with Crippen LogP contribution in [0.15, 0.2) is 23.3 Å². The molecule has 28 heavy (non-hydrogen) atoms. The lowest BCUT2D eigenvalue weighted by atomic mass is 9.49. The zero-order chi connectivity index (χ0) is 19.9. The molecule has 7 atom stereocenters. The van der Waals surface area contributed by atoms with Crippen LogP contribution < -0.4 is 0 Å².